The van der Waals surface area contributed by atoms with Crippen molar-refractivity contribution in [1.29, 1.82) is 0 Å². The number of nitrogens with zero attached hydrogens (tertiary/aromatic N) is 1. The maximum absolute atomic E-state index is 13.4. The fourth-order valence-electron chi connectivity index (χ4n) is 4.12. The first-order valence-corrected chi connectivity index (χ1v) is 12.4. The van der Waals surface area contributed by atoms with Gasteiger partial charge in [0.05, 0.1) is 18.0 Å². The van der Waals surface area contributed by atoms with Crippen molar-refractivity contribution in [3.63, 3.8) is 0 Å². The minimum atomic E-state index is -3.68. The number of amides is 1. The molecule has 0 saturated heterocycles. The van der Waals surface area contributed by atoms with E-state index < -0.39 is 21.7 Å². The Kier molecular flexibility index (Phi) is 6.37. The first kappa shape index (κ1) is 23.1. The van der Waals surface area contributed by atoms with Gasteiger partial charge in [0.25, 0.3) is 0 Å². The van der Waals surface area contributed by atoms with Crippen molar-refractivity contribution in [2.24, 2.45) is 0 Å². The molecule has 2 aromatic carbocycles. The molecule has 0 aromatic heterocycles. The van der Waals surface area contributed by atoms with Crippen molar-refractivity contribution < 1.29 is 17.9 Å². The maximum Gasteiger partial charge on any atom is 0.244 e. The molecule has 1 heterocycles. The smallest absolute Gasteiger partial charge is 0.244 e. The number of rotatable bonds is 6. The summed E-state index contributed by atoms with van der Waals surface area (Å²) in [6, 6.07) is 12.0. The van der Waals surface area contributed by atoms with Gasteiger partial charge >= 0.3 is 0 Å². The lowest BCUT2D eigenvalue weighted by atomic mass is 9.89. The summed E-state index contributed by atoms with van der Waals surface area (Å²) < 4.78 is 32.8. The van der Waals surface area contributed by atoms with Gasteiger partial charge in [0, 0.05) is 12.0 Å². The Morgan fingerprint density at radius 1 is 1.19 bits per heavy atom. The van der Waals surface area contributed by atoms with E-state index in [1.807, 2.05) is 71.0 Å². The zero-order chi connectivity index (χ0) is 23.0. The second-order valence-electron chi connectivity index (χ2n) is 8.92. The van der Waals surface area contributed by atoms with Crippen molar-refractivity contribution >= 4 is 21.6 Å². The number of fused-ring (bicyclic) bond motifs is 1. The molecule has 0 aliphatic carbocycles. The number of para-hydroxylation sites is 1. The van der Waals surface area contributed by atoms with E-state index in [1.165, 1.54) is 4.31 Å². The van der Waals surface area contributed by atoms with Crippen molar-refractivity contribution in [3.05, 3.63) is 59.2 Å². The zero-order valence-corrected chi connectivity index (χ0v) is 19.9. The minimum Gasteiger partial charge on any atom is -0.487 e. The molecule has 1 amide bonds. The molecule has 0 radical (unpaired) electrons. The predicted molar refractivity (Wildman–Crippen MR) is 124 cm³/mol. The highest BCUT2D eigenvalue weighted by atomic mass is 32.2. The van der Waals surface area contributed by atoms with Crippen LogP contribution in [0.15, 0.2) is 42.5 Å². The number of ether oxygens (including phenoxy) is 1. The molecule has 2 aromatic rings. The molecule has 7 heteroatoms. The second-order valence-corrected chi connectivity index (χ2v) is 10.8. The van der Waals surface area contributed by atoms with E-state index in [4.69, 9.17) is 4.74 Å². The van der Waals surface area contributed by atoms with Gasteiger partial charge < -0.3 is 10.1 Å². The number of sulfonamides is 1. The molecule has 6 nitrogen and oxygen atoms in total. The molecular formula is C24H32N2O4S. The van der Waals surface area contributed by atoms with E-state index in [-0.39, 0.29) is 11.9 Å². The highest BCUT2D eigenvalue weighted by Crippen LogP contribution is 2.39. The highest BCUT2D eigenvalue weighted by Gasteiger charge is 2.37. The number of carbonyl (C=O) groups excluding carboxylic acids is 1. The molecule has 3 rings (SSSR count). The van der Waals surface area contributed by atoms with E-state index in [9.17, 15) is 13.2 Å². The third kappa shape index (κ3) is 5.03. The van der Waals surface area contributed by atoms with E-state index >= 15 is 0 Å². The van der Waals surface area contributed by atoms with Crippen molar-refractivity contribution in [2.75, 3.05) is 10.6 Å². The van der Waals surface area contributed by atoms with Gasteiger partial charge in [0.2, 0.25) is 15.9 Å². The summed E-state index contributed by atoms with van der Waals surface area (Å²) in [4.78, 5) is 13.4. The van der Waals surface area contributed by atoms with Gasteiger partial charge in [0.1, 0.15) is 17.4 Å². The number of aryl methyl sites for hydroxylation is 2. The third-order valence-corrected chi connectivity index (χ3v) is 6.95. The molecule has 0 fully saturated rings. The zero-order valence-electron chi connectivity index (χ0n) is 19.1. The number of hydrogen-bond acceptors (Lipinski definition) is 4. The maximum atomic E-state index is 13.4. The van der Waals surface area contributed by atoms with Gasteiger partial charge in [-0.1, -0.05) is 31.2 Å². The summed E-state index contributed by atoms with van der Waals surface area (Å²) in [7, 11) is -3.68. The average Bonchev–Trinajstić information content (AvgIpc) is 2.66. The van der Waals surface area contributed by atoms with Crippen LogP contribution in [0.3, 0.4) is 0 Å². The molecule has 1 aliphatic rings. The Morgan fingerprint density at radius 3 is 2.48 bits per heavy atom. The summed E-state index contributed by atoms with van der Waals surface area (Å²) in [5, 5.41) is 3.10. The fraction of sp³-hybridized carbons (Fsp3) is 0.458. The van der Waals surface area contributed by atoms with Crippen LogP contribution in [0, 0.1) is 13.8 Å². The first-order chi connectivity index (χ1) is 14.4. The van der Waals surface area contributed by atoms with Gasteiger partial charge in [-0.25, -0.2) is 8.42 Å². The minimum absolute atomic E-state index is 0.261. The summed E-state index contributed by atoms with van der Waals surface area (Å²) in [6.45, 7) is 9.69. The lowest BCUT2D eigenvalue weighted by Crippen LogP contribution is -2.51. The Balaban J connectivity index is 1.95. The number of nitrogens with one attached hydrogen (secondary N) is 1. The molecule has 0 saturated carbocycles. The summed E-state index contributed by atoms with van der Waals surface area (Å²) in [6.07, 6.45) is 2.08. The standard InChI is InChI=1S/C24H32N2O4S/c1-7-21(26(31(6,28)29)18-13-12-16(2)17(3)14-18)23(27)25-20-15-24(4,5)30-22-11-9-8-10-19(20)22/h8-14,20-21H,7,15H2,1-6H3,(H,25,27). The monoisotopic (exact) mass is 444 g/mol. The van der Waals surface area contributed by atoms with Crippen LogP contribution in [0.25, 0.3) is 0 Å². The SMILES string of the molecule is CCC(C(=O)NC1CC(C)(C)Oc2ccccc21)N(c1ccc(C)c(C)c1)S(C)(=O)=O. The lowest BCUT2D eigenvalue weighted by molar-refractivity contribution is -0.123. The van der Waals surface area contributed by atoms with E-state index in [0.717, 1.165) is 28.7 Å². The number of benzene rings is 2. The first-order valence-electron chi connectivity index (χ1n) is 10.6. The number of anilines is 1. The molecule has 1 N–H and O–H groups in total. The van der Waals surface area contributed by atoms with Gasteiger partial charge in [-0.15, -0.1) is 0 Å². The van der Waals surface area contributed by atoms with Crippen LogP contribution in [0.2, 0.25) is 0 Å². The van der Waals surface area contributed by atoms with Gasteiger partial charge in [-0.2, -0.15) is 0 Å². The van der Waals surface area contributed by atoms with Crippen LogP contribution >= 0.6 is 0 Å². The van der Waals surface area contributed by atoms with E-state index in [2.05, 4.69) is 5.32 Å². The Labute approximate surface area is 185 Å². The van der Waals surface area contributed by atoms with Crippen LogP contribution in [-0.2, 0) is 14.8 Å². The molecule has 0 spiro atoms. The lowest BCUT2D eigenvalue weighted by Gasteiger charge is -2.39. The fourth-order valence-corrected chi connectivity index (χ4v) is 5.33. The molecule has 31 heavy (non-hydrogen) atoms. The highest BCUT2D eigenvalue weighted by molar-refractivity contribution is 7.92. The second kappa shape index (κ2) is 8.54. The summed E-state index contributed by atoms with van der Waals surface area (Å²) in [5.74, 6) is 0.426. The number of hydrogen-bond donors (Lipinski definition) is 1. The third-order valence-electron chi connectivity index (χ3n) is 5.77. The summed E-state index contributed by atoms with van der Waals surface area (Å²) >= 11 is 0. The Morgan fingerprint density at radius 2 is 1.87 bits per heavy atom. The normalized spacial score (nSPS) is 18.5. The van der Waals surface area contributed by atoms with Gasteiger partial charge in [-0.05, 0) is 63.4 Å². The quantitative estimate of drug-likeness (QED) is 0.722. The Bertz CT molecular complexity index is 1080. The van der Waals surface area contributed by atoms with Crippen molar-refractivity contribution in [3.8, 4) is 5.75 Å². The molecule has 0 bridgehead atoms. The van der Waals surface area contributed by atoms with Crippen LogP contribution in [0.5, 0.6) is 5.75 Å². The van der Waals surface area contributed by atoms with Crippen molar-refractivity contribution in [1.82, 2.24) is 5.32 Å². The van der Waals surface area contributed by atoms with Gasteiger partial charge in [-0.3, -0.25) is 9.10 Å². The predicted octanol–water partition coefficient (Wildman–Crippen LogP) is 4.27. The molecule has 2 atom stereocenters. The van der Waals surface area contributed by atoms with Crippen LogP contribution < -0.4 is 14.4 Å². The largest absolute Gasteiger partial charge is 0.487 e. The van der Waals surface area contributed by atoms with Gasteiger partial charge in [0.15, 0.2) is 0 Å². The number of carbonyl (C=O) groups is 1. The van der Waals surface area contributed by atoms with Crippen LogP contribution in [-0.4, -0.2) is 32.2 Å². The topological polar surface area (TPSA) is 75.7 Å². The molecule has 1 aliphatic heterocycles. The molecular weight excluding hydrogens is 412 g/mol. The molecule has 168 valence electrons. The van der Waals surface area contributed by atoms with E-state index in [1.54, 1.807) is 6.07 Å². The Hall–Kier alpha value is -2.54. The van der Waals surface area contributed by atoms with E-state index in [0.29, 0.717) is 18.5 Å². The van der Waals surface area contributed by atoms with Crippen LogP contribution in [0.4, 0.5) is 5.69 Å². The average molecular weight is 445 g/mol. The van der Waals surface area contributed by atoms with Crippen molar-refractivity contribution in [2.45, 2.75) is 65.1 Å². The summed E-state index contributed by atoms with van der Waals surface area (Å²) in [5.41, 5.74) is 3.00. The molecule has 2 unspecified atom stereocenters. The van der Waals surface area contributed by atoms with Crippen LogP contribution in [0.1, 0.15) is 56.3 Å².